The van der Waals surface area contributed by atoms with Crippen molar-refractivity contribution in [1.29, 1.82) is 0 Å². The number of carbonyl (C=O) groups excluding carboxylic acids is 1. The second-order valence-corrected chi connectivity index (χ2v) is 7.26. The lowest BCUT2D eigenvalue weighted by molar-refractivity contribution is 0.0853. The smallest absolute Gasteiger partial charge is 0.349 e. The maximum Gasteiger partial charge on any atom is 0.349 e. The number of hydrogen-bond acceptors (Lipinski definition) is 4. The van der Waals surface area contributed by atoms with Gasteiger partial charge in [0.25, 0.3) is 5.91 Å². The molecule has 0 bridgehead atoms. The normalized spacial score (nSPS) is 16.5. The van der Waals surface area contributed by atoms with Gasteiger partial charge in [0, 0.05) is 36.7 Å². The number of rotatable bonds is 6. The lowest BCUT2D eigenvalue weighted by atomic mass is 10.1. The molecule has 6 heteroatoms. The molecule has 28 heavy (non-hydrogen) atoms. The van der Waals surface area contributed by atoms with Crippen LogP contribution in [0, 0.1) is 6.92 Å². The van der Waals surface area contributed by atoms with E-state index in [0.29, 0.717) is 24.3 Å². The van der Waals surface area contributed by atoms with Crippen LogP contribution in [0.3, 0.4) is 0 Å². The van der Waals surface area contributed by atoms with Crippen molar-refractivity contribution in [2.24, 2.45) is 0 Å². The number of nitrogens with one attached hydrogen (secondary N) is 2. The van der Waals surface area contributed by atoms with Crippen LogP contribution in [0.4, 0.5) is 0 Å². The SMILES string of the molecule is Cc1cc(CCc2c[nH]c3ccccc23)oc(=O)c1C(=O)NCC1CCCO1. The molecule has 3 heterocycles. The van der Waals surface area contributed by atoms with Gasteiger partial charge in [-0.2, -0.15) is 0 Å². The van der Waals surface area contributed by atoms with Crippen molar-refractivity contribution < 1.29 is 13.9 Å². The molecule has 0 saturated carbocycles. The number of hydrogen-bond donors (Lipinski definition) is 2. The lowest BCUT2D eigenvalue weighted by Crippen LogP contribution is -2.35. The topological polar surface area (TPSA) is 84.3 Å². The van der Waals surface area contributed by atoms with E-state index in [9.17, 15) is 9.59 Å². The van der Waals surface area contributed by atoms with Crippen LogP contribution in [-0.2, 0) is 17.6 Å². The van der Waals surface area contributed by atoms with Gasteiger partial charge in [-0.15, -0.1) is 0 Å². The Kier molecular flexibility index (Phi) is 5.30. The van der Waals surface area contributed by atoms with Gasteiger partial charge in [0.05, 0.1) is 6.10 Å². The fourth-order valence-corrected chi connectivity index (χ4v) is 3.77. The molecule has 2 aromatic heterocycles. The second kappa shape index (κ2) is 8.02. The van der Waals surface area contributed by atoms with E-state index < -0.39 is 11.5 Å². The first-order valence-electron chi connectivity index (χ1n) is 9.70. The fourth-order valence-electron chi connectivity index (χ4n) is 3.77. The third-order valence-electron chi connectivity index (χ3n) is 5.26. The monoisotopic (exact) mass is 380 g/mol. The average molecular weight is 380 g/mol. The van der Waals surface area contributed by atoms with Gasteiger partial charge >= 0.3 is 5.63 Å². The van der Waals surface area contributed by atoms with Crippen LogP contribution in [0.1, 0.15) is 40.1 Å². The van der Waals surface area contributed by atoms with Gasteiger partial charge in [-0.05, 0) is 49.4 Å². The minimum Gasteiger partial charge on any atom is -0.427 e. The van der Waals surface area contributed by atoms with Gasteiger partial charge in [-0.25, -0.2) is 4.79 Å². The van der Waals surface area contributed by atoms with E-state index >= 15 is 0 Å². The van der Waals surface area contributed by atoms with Crippen molar-refractivity contribution in [3.63, 3.8) is 0 Å². The van der Waals surface area contributed by atoms with Crippen LogP contribution in [0.5, 0.6) is 0 Å². The van der Waals surface area contributed by atoms with Crippen LogP contribution in [-0.4, -0.2) is 30.1 Å². The zero-order chi connectivity index (χ0) is 19.5. The minimum absolute atomic E-state index is 0.0340. The Morgan fingerprint density at radius 3 is 2.93 bits per heavy atom. The highest BCUT2D eigenvalue weighted by molar-refractivity contribution is 5.95. The van der Waals surface area contributed by atoms with Crippen LogP contribution in [0.25, 0.3) is 10.9 Å². The molecule has 1 aliphatic rings. The number of amides is 1. The Morgan fingerprint density at radius 1 is 1.29 bits per heavy atom. The van der Waals surface area contributed by atoms with Gasteiger partial charge < -0.3 is 19.5 Å². The van der Waals surface area contributed by atoms with E-state index in [-0.39, 0.29) is 11.7 Å². The van der Waals surface area contributed by atoms with Gasteiger partial charge in [-0.1, -0.05) is 18.2 Å². The summed E-state index contributed by atoms with van der Waals surface area (Å²) in [5.41, 5.74) is 2.39. The molecule has 0 spiro atoms. The molecule has 1 saturated heterocycles. The summed E-state index contributed by atoms with van der Waals surface area (Å²) in [6.07, 6.45) is 5.30. The van der Waals surface area contributed by atoms with Crippen molar-refractivity contribution >= 4 is 16.8 Å². The van der Waals surface area contributed by atoms with Gasteiger partial charge in [-0.3, -0.25) is 4.79 Å². The van der Waals surface area contributed by atoms with Crippen LogP contribution < -0.4 is 10.9 Å². The Morgan fingerprint density at radius 2 is 2.14 bits per heavy atom. The number of aryl methyl sites for hydroxylation is 3. The summed E-state index contributed by atoms with van der Waals surface area (Å²) < 4.78 is 10.9. The summed E-state index contributed by atoms with van der Waals surface area (Å²) in [7, 11) is 0. The molecule has 2 N–H and O–H groups in total. The molecule has 1 amide bonds. The number of ether oxygens (including phenoxy) is 1. The molecule has 1 unspecified atom stereocenters. The summed E-state index contributed by atoms with van der Waals surface area (Å²) in [5.74, 6) is 0.188. The predicted octanol–water partition coefficient (Wildman–Crippen LogP) is 3.12. The summed E-state index contributed by atoms with van der Waals surface area (Å²) in [6.45, 7) is 2.92. The quantitative estimate of drug-likeness (QED) is 0.688. The van der Waals surface area contributed by atoms with Crippen LogP contribution in [0.2, 0.25) is 0 Å². The number of H-pyrrole nitrogens is 1. The lowest BCUT2D eigenvalue weighted by Gasteiger charge is -2.11. The van der Waals surface area contributed by atoms with Gasteiger partial charge in [0.15, 0.2) is 0 Å². The zero-order valence-electron chi connectivity index (χ0n) is 15.9. The second-order valence-electron chi connectivity index (χ2n) is 7.26. The highest BCUT2D eigenvalue weighted by atomic mass is 16.5. The zero-order valence-corrected chi connectivity index (χ0v) is 15.9. The van der Waals surface area contributed by atoms with E-state index in [1.54, 1.807) is 13.0 Å². The highest BCUT2D eigenvalue weighted by Crippen LogP contribution is 2.20. The number of benzene rings is 1. The van der Waals surface area contributed by atoms with E-state index in [1.165, 1.54) is 10.9 Å². The molecule has 0 aliphatic carbocycles. The summed E-state index contributed by atoms with van der Waals surface area (Å²) in [4.78, 5) is 28.1. The van der Waals surface area contributed by atoms with Crippen molar-refractivity contribution in [2.45, 2.75) is 38.7 Å². The van der Waals surface area contributed by atoms with E-state index in [2.05, 4.69) is 16.4 Å². The molecular formula is C22H24N2O4. The third-order valence-corrected chi connectivity index (χ3v) is 5.26. The molecule has 6 nitrogen and oxygen atoms in total. The van der Waals surface area contributed by atoms with Gasteiger partial charge in [0.2, 0.25) is 0 Å². The Balaban J connectivity index is 1.44. The van der Waals surface area contributed by atoms with E-state index in [4.69, 9.17) is 9.15 Å². The number of para-hydroxylation sites is 1. The standard InChI is InChI=1S/C22H24N2O4/c1-14-11-16(9-8-15-12-23-19-7-3-2-6-18(15)19)28-22(26)20(14)21(25)24-13-17-5-4-10-27-17/h2-3,6-7,11-12,17,23H,4-5,8-10,13H2,1H3,(H,24,25). The van der Waals surface area contributed by atoms with Gasteiger partial charge in [0.1, 0.15) is 11.3 Å². The summed E-state index contributed by atoms with van der Waals surface area (Å²) in [5, 5.41) is 3.96. The maximum atomic E-state index is 12.4. The summed E-state index contributed by atoms with van der Waals surface area (Å²) >= 11 is 0. The van der Waals surface area contributed by atoms with Crippen LogP contribution >= 0.6 is 0 Å². The van der Waals surface area contributed by atoms with Crippen molar-refractivity contribution in [3.05, 3.63) is 69.4 Å². The molecule has 1 aliphatic heterocycles. The van der Waals surface area contributed by atoms with Crippen molar-refractivity contribution in [2.75, 3.05) is 13.2 Å². The van der Waals surface area contributed by atoms with Crippen LogP contribution in [0.15, 0.2) is 45.7 Å². The average Bonchev–Trinajstić information content (AvgIpc) is 3.34. The van der Waals surface area contributed by atoms with E-state index in [0.717, 1.165) is 31.4 Å². The molecule has 1 aromatic carbocycles. The first-order valence-corrected chi connectivity index (χ1v) is 9.70. The third kappa shape index (κ3) is 3.87. The highest BCUT2D eigenvalue weighted by Gasteiger charge is 2.20. The van der Waals surface area contributed by atoms with E-state index in [1.807, 2.05) is 24.4 Å². The predicted molar refractivity (Wildman–Crippen MR) is 107 cm³/mol. The molecule has 4 rings (SSSR count). The molecular weight excluding hydrogens is 356 g/mol. The summed E-state index contributed by atoms with van der Waals surface area (Å²) in [6, 6.07) is 9.90. The molecule has 1 fully saturated rings. The minimum atomic E-state index is -0.584. The Bertz CT molecular complexity index is 1040. The Labute approximate surface area is 162 Å². The Hall–Kier alpha value is -2.86. The molecule has 146 valence electrons. The number of fused-ring (bicyclic) bond motifs is 1. The fraction of sp³-hybridized carbons (Fsp3) is 0.364. The number of carbonyl (C=O) groups is 1. The molecule has 3 aromatic rings. The first kappa shape index (κ1) is 18.5. The maximum absolute atomic E-state index is 12.4. The molecule has 0 radical (unpaired) electrons. The van der Waals surface area contributed by atoms with Crippen molar-refractivity contribution in [3.8, 4) is 0 Å². The van der Waals surface area contributed by atoms with Crippen molar-refractivity contribution in [1.82, 2.24) is 10.3 Å². The molecule has 1 atom stereocenters. The largest absolute Gasteiger partial charge is 0.427 e. The first-order chi connectivity index (χ1) is 13.6. The number of aromatic nitrogens is 1. The number of aromatic amines is 1.